The molecule has 1 saturated heterocycles. The van der Waals surface area contributed by atoms with Gasteiger partial charge in [-0.1, -0.05) is 24.3 Å². The Morgan fingerprint density at radius 3 is 1.89 bits per heavy atom. The van der Waals surface area contributed by atoms with Crippen LogP contribution in [0.1, 0.15) is 54.7 Å². The zero-order valence-corrected chi connectivity index (χ0v) is 24.4. The van der Waals surface area contributed by atoms with Gasteiger partial charge in [0.2, 0.25) is 5.91 Å². The minimum Gasteiger partial charge on any atom is -0.342 e. The summed E-state index contributed by atoms with van der Waals surface area (Å²) in [6, 6.07) is 9.69. The first kappa shape index (κ1) is 32.8. The lowest BCUT2D eigenvalue weighted by molar-refractivity contribution is -0.348. The number of sulfone groups is 1. The van der Waals surface area contributed by atoms with Crippen molar-refractivity contribution in [2.45, 2.75) is 65.7 Å². The average molecular weight is 661 g/mol. The van der Waals surface area contributed by atoms with E-state index in [0.717, 1.165) is 48.4 Å². The van der Waals surface area contributed by atoms with Crippen molar-refractivity contribution in [2.75, 3.05) is 13.1 Å². The summed E-state index contributed by atoms with van der Waals surface area (Å²) in [4.78, 5) is 18.9. The number of alkyl halides is 7. The molecule has 2 aliphatic rings. The van der Waals surface area contributed by atoms with E-state index in [-0.39, 0.29) is 48.0 Å². The van der Waals surface area contributed by atoms with Gasteiger partial charge < -0.3 is 4.90 Å². The van der Waals surface area contributed by atoms with Gasteiger partial charge in [0.1, 0.15) is 10.6 Å². The molecule has 1 aliphatic carbocycles. The Balaban J connectivity index is 1.45. The number of aromatic nitrogens is 1. The number of carbonyl (C=O) groups excluding carboxylic acids is 1. The predicted molar refractivity (Wildman–Crippen MR) is 147 cm³/mol. The number of carbonyl (C=O) groups is 1. The molecule has 0 radical (unpaired) electrons. The van der Waals surface area contributed by atoms with Gasteiger partial charge in [-0.2, -0.15) is 26.3 Å². The quantitative estimate of drug-likeness (QED) is 0.204. The lowest BCUT2D eigenvalue weighted by atomic mass is 9.77. The molecular weight excluding hydrogens is 632 g/mol. The highest BCUT2D eigenvalue weighted by Gasteiger charge is 2.73. The molecule has 1 saturated carbocycles. The summed E-state index contributed by atoms with van der Waals surface area (Å²) >= 11 is 0. The van der Waals surface area contributed by atoms with E-state index in [1.165, 1.54) is 0 Å². The molecule has 45 heavy (non-hydrogen) atoms. The molecule has 2 aromatic carbocycles. The number of hydrogen-bond donors (Lipinski definition) is 0. The SMILES string of the molecule is O=C(C1CCC(c2ccc(C(F)(C(F)(F)F)C(F)(F)F)cc2)(S(=O)(=O)c2ccc(F)cc2)CC1)N1CCC(c2ccncc2)C1. The molecular formula is C31H28F8N2O3S. The Bertz CT molecular complexity index is 1600. The molecule has 1 aliphatic heterocycles. The maximum absolute atomic E-state index is 14.7. The van der Waals surface area contributed by atoms with Crippen molar-refractivity contribution in [1.29, 1.82) is 0 Å². The number of hydrogen-bond acceptors (Lipinski definition) is 4. The molecule has 5 nitrogen and oxygen atoms in total. The van der Waals surface area contributed by atoms with E-state index < -0.39 is 49.9 Å². The number of pyridine rings is 1. The van der Waals surface area contributed by atoms with Crippen LogP contribution in [-0.4, -0.2) is 49.7 Å². The zero-order chi connectivity index (χ0) is 32.8. The summed E-state index contributed by atoms with van der Waals surface area (Å²) < 4.78 is 135. The van der Waals surface area contributed by atoms with Gasteiger partial charge in [-0.3, -0.25) is 9.78 Å². The van der Waals surface area contributed by atoms with Crippen LogP contribution in [0.4, 0.5) is 35.1 Å². The van der Waals surface area contributed by atoms with Gasteiger partial charge in [0.05, 0.1) is 4.90 Å². The van der Waals surface area contributed by atoms with Gasteiger partial charge >= 0.3 is 18.0 Å². The molecule has 1 atom stereocenters. The summed E-state index contributed by atoms with van der Waals surface area (Å²) in [6.45, 7) is 0.954. The van der Waals surface area contributed by atoms with E-state index in [4.69, 9.17) is 0 Å². The Morgan fingerprint density at radius 1 is 0.800 bits per heavy atom. The summed E-state index contributed by atoms with van der Waals surface area (Å²) in [7, 11) is -4.45. The monoisotopic (exact) mass is 660 g/mol. The standard InChI is InChI=1S/C31H28F8N2O3S/c32-25-5-7-26(8-6-25)45(43,44)28(23-1-3-24(4-2-23)29(33,30(34,35)36)31(37,38)39)14-9-21(10-15-28)27(42)41-18-13-22(19-41)20-11-16-40-17-12-20/h1-8,11-12,16-17,21-22H,9-10,13-15,18-19H2. The van der Waals surface area contributed by atoms with Crippen LogP contribution in [0.5, 0.6) is 0 Å². The molecule has 2 fully saturated rings. The van der Waals surface area contributed by atoms with E-state index in [9.17, 15) is 48.3 Å². The van der Waals surface area contributed by atoms with Crippen LogP contribution in [0.15, 0.2) is 78.0 Å². The number of rotatable bonds is 6. The van der Waals surface area contributed by atoms with Crippen LogP contribution in [-0.2, 0) is 25.0 Å². The van der Waals surface area contributed by atoms with Crippen LogP contribution < -0.4 is 0 Å². The summed E-state index contributed by atoms with van der Waals surface area (Å²) in [5, 5.41) is 0. The van der Waals surface area contributed by atoms with Gasteiger partial charge in [-0.25, -0.2) is 17.2 Å². The van der Waals surface area contributed by atoms with E-state index in [2.05, 4.69) is 4.98 Å². The Kier molecular flexibility index (Phi) is 8.51. The van der Waals surface area contributed by atoms with Gasteiger partial charge in [-0.05, 0) is 79.6 Å². The lowest BCUT2D eigenvalue weighted by Gasteiger charge is -2.40. The topological polar surface area (TPSA) is 67.3 Å². The second kappa shape index (κ2) is 11.7. The van der Waals surface area contributed by atoms with Gasteiger partial charge in [-0.15, -0.1) is 0 Å². The highest BCUT2D eigenvalue weighted by molar-refractivity contribution is 7.92. The normalized spacial score (nSPS) is 23.2. The average Bonchev–Trinajstić information content (AvgIpc) is 3.50. The smallest absolute Gasteiger partial charge is 0.342 e. The summed E-state index contributed by atoms with van der Waals surface area (Å²) in [5.41, 5.74) is -6.56. The van der Waals surface area contributed by atoms with Crippen LogP contribution >= 0.6 is 0 Å². The van der Waals surface area contributed by atoms with Crippen molar-refractivity contribution >= 4 is 15.7 Å². The Labute approximate surface area is 254 Å². The second-order valence-corrected chi connectivity index (χ2v) is 13.8. The minimum absolute atomic E-state index is 0.0512. The Morgan fingerprint density at radius 2 is 1.36 bits per heavy atom. The first-order valence-corrected chi connectivity index (χ1v) is 15.6. The number of likely N-dealkylation sites (tertiary alicyclic amines) is 1. The van der Waals surface area contributed by atoms with Crippen LogP contribution in [0.2, 0.25) is 0 Å². The molecule has 0 spiro atoms. The van der Waals surface area contributed by atoms with Gasteiger partial charge in [0.25, 0.3) is 0 Å². The number of nitrogens with zero attached hydrogens (tertiary/aromatic N) is 2. The van der Waals surface area contributed by atoms with Crippen molar-refractivity contribution in [3.8, 4) is 0 Å². The van der Waals surface area contributed by atoms with Crippen molar-refractivity contribution < 1.29 is 48.3 Å². The maximum atomic E-state index is 14.7. The third kappa shape index (κ3) is 5.70. The van der Waals surface area contributed by atoms with Crippen molar-refractivity contribution in [1.82, 2.24) is 9.88 Å². The van der Waals surface area contributed by atoms with Gasteiger partial charge in [0, 0.05) is 42.9 Å². The Hall–Kier alpha value is -3.55. The van der Waals surface area contributed by atoms with E-state index >= 15 is 0 Å². The second-order valence-electron chi connectivity index (χ2n) is 11.5. The molecule has 2 heterocycles. The number of amides is 1. The first-order chi connectivity index (χ1) is 21.0. The molecule has 1 unspecified atom stereocenters. The van der Waals surface area contributed by atoms with Crippen LogP contribution in [0.3, 0.4) is 0 Å². The highest BCUT2D eigenvalue weighted by atomic mass is 32.2. The molecule has 14 heteroatoms. The lowest BCUT2D eigenvalue weighted by Crippen LogP contribution is -2.50. The molecule has 5 rings (SSSR count). The van der Waals surface area contributed by atoms with Gasteiger partial charge in [0.15, 0.2) is 9.84 Å². The fraction of sp³-hybridized carbons (Fsp3) is 0.419. The molecule has 0 bridgehead atoms. The molecule has 242 valence electrons. The molecule has 3 aromatic rings. The summed E-state index contributed by atoms with van der Waals surface area (Å²) in [5.74, 6) is -1.37. The van der Waals surface area contributed by atoms with Crippen molar-refractivity contribution in [3.05, 3.63) is 95.6 Å². The van der Waals surface area contributed by atoms with E-state index in [1.807, 2.05) is 12.1 Å². The van der Waals surface area contributed by atoms with E-state index in [1.54, 1.807) is 17.3 Å². The van der Waals surface area contributed by atoms with E-state index in [0.29, 0.717) is 25.2 Å². The predicted octanol–water partition coefficient (Wildman–Crippen LogP) is 7.39. The maximum Gasteiger partial charge on any atom is 0.435 e. The van der Waals surface area contributed by atoms with Crippen LogP contribution in [0.25, 0.3) is 0 Å². The van der Waals surface area contributed by atoms with Crippen LogP contribution in [0, 0.1) is 11.7 Å². The minimum atomic E-state index is -6.34. The van der Waals surface area contributed by atoms with Crippen molar-refractivity contribution in [2.24, 2.45) is 5.92 Å². The third-order valence-electron chi connectivity index (χ3n) is 9.05. The fourth-order valence-electron chi connectivity index (χ4n) is 6.50. The highest BCUT2D eigenvalue weighted by Crippen LogP contribution is 2.54. The third-order valence-corrected chi connectivity index (χ3v) is 11.6. The molecule has 1 aromatic heterocycles. The fourth-order valence-corrected chi connectivity index (χ4v) is 8.67. The molecule has 0 N–H and O–H groups in total. The molecule has 1 amide bonds. The number of benzene rings is 2. The summed E-state index contributed by atoms with van der Waals surface area (Å²) in [6.07, 6.45) is -8.94. The number of halogens is 8. The zero-order valence-electron chi connectivity index (χ0n) is 23.6. The first-order valence-electron chi connectivity index (χ1n) is 14.1. The van der Waals surface area contributed by atoms with Crippen molar-refractivity contribution in [3.63, 3.8) is 0 Å². The largest absolute Gasteiger partial charge is 0.435 e.